The second kappa shape index (κ2) is 5.53. The van der Waals surface area contributed by atoms with Crippen LogP contribution >= 0.6 is 11.6 Å². The molecule has 0 saturated carbocycles. The Hall–Kier alpha value is -0.530. The Morgan fingerprint density at radius 3 is 2.33 bits per heavy atom. The van der Waals surface area contributed by atoms with Crippen molar-refractivity contribution in [1.29, 1.82) is 0 Å². The van der Waals surface area contributed by atoms with Gasteiger partial charge in [-0.3, -0.25) is 0 Å². The fourth-order valence-electron chi connectivity index (χ4n) is 1.30. The number of alkyl halides is 1. The van der Waals surface area contributed by atoms with Crippen molar-refractivity contribution in [1.82, 2.24) is 0 Å². The molecular formula is C13H19ClO. The highest BCUT2D eigenvalue weighted by Gasteiger charge is 2.16. The molecule has 0 amide bonds. The van der Waals surface area contributed by atoms with E-state index in [1.807, 2.05) is 30.3 Å². The van der Waals surface area contributed by atoms with E-state index in [0.717, 1.165) is 12.0 Å². The van der Waals surface area contributed by atoms with Gasteiger partial charge in [-0.1, -0.05) is 62.7 Å². The molecule has 0 N–H and O–H groups in total. The highest BCUT2D eigenvalue weighted by atomic mass is 35.5. The van der Waals surface area contributed by atoms with Crippen LogP contribution in [0.5, 0.6) is 0 Å². The van der Waals surface area contributed by atoms with E-state index in [1.165, 1.54) is 0 Å². The lowest BCUT2D eigenvalue weighted by molar-refractivity contribution is 0.0668. The summed E-state index contributed by atoms with van der Waals surface area (Å²) in [7, 11) is 0. The number of benzene rings is 1. The van der Waals surface area contributed by atoms with Crippen molar-refractivity contribution in [3.05, 3.63) is 35.9 Å². The monoisotopic (exact) mass is 226 g/mol. The van der Waals surface area contributed by atoms with E-state index < -0.39 is 0 Å². The number of ether oxygens (including phenoxy) is 1. The van der Waals surface area contributed by atoms with Gasteiger partial charge >= 0.3 is 0 Å². The summed E-state index contributed by atoms with van der Waals surface area (Å²) < 4.78 is 5.57. The van der Waals surface area contributed by atoms with Crippen LogP contribution in [-0.2, 0) is 11.3 Å². The maximum absolute atomic E-state index is 6.09. The third-order valence-electron chi connectivity index (χ3n) is 2.05. The Morgan fingerprint density at radius 2 is 1.80 bits per heavy atom. The van der Waals surface area contributed by atoms with Crippen LogP contribution in [0.2, 0.25) is 0 Å². The summed E-state index contributed by atoms with van der Waals surface area (Å²) in [5, 5.41) is 0. The second-order valence-electron chi connectivity index (χ2n) is 4.97. The first-order chi connectivity index (χ1) is 6.97. The fraction of sp³-hybridized carbons (Fsp3) is 0.538. The number of rotatable bonds is 4. The summed E-state index contributed by atoms with van der Waals surface area (Å²) in [5.41, 5.74) is 1.17. The third kappa shape index (κ3) is 5.81. The van der Waals surface area contributed by atoms with Crippen LogP contribution in [-0.4, -0.2) is 5.56 Å². The predicted octanol–water partition coefficient (Wildman–Crippen LogP) is 4.20. The minimum atomic E-state index is -0.204. The van der Waals surface area contributed by atoms with Gasteiger partial charge in [-0.15, -0.1) is 0 Å². The van der Waals surface area contributed by atoms with Gasteiger partial charge in [0, 0.05) is 0 Å². The van der Waals surface area contributed by atoms with Crippen molar-refractivity contribution >= 4 is 11.6 Å². The number of hydrogen-bond acceptors (Lipinski definition) is 1. The van der Waals surface area contributed by atoms with Crippen LogP contribution in [0.3, 0.4) is 0 Å². The molecule has 0 radical (unpaired) electrons. The molecule has 0 aromatic heterocycles. The van der Waals surface area contributed by atoms with Crippen LogP contribution in [0.4, 0.5) is 0 Å². The van der Waals surface area contributed by atoms with Gasteiger partial charge in [0.05, 0.1) is 6.61 Å². The summed E-state index contributed by atoms with van der Waals surface area (Å²) in [6.07, 6.45) is 0.862. The lowest BCUT2D eigenvalue weighted by Gasteiger charge is -2.21. The van der Waals surface area contributed by atoms with Gasteiger partial charge in [-0.2, -0.15) is 0 Å². The van der Waals surface area contributed by atoms with Crippen molar-refractivity contribution in [3.63, 3.8) is 0 Å². The van der Waals surface area contributed by atoms with Crippen LogP contribution in [0.15, 0.2) is 30.3 Å². The molecule has 15 heavy (non-hydrogen) atoms. The molecule has 2 heteroatoms. The summed E-state index contributed by atoms with van der Waals surface area (Å²) in [4.78, 5) is 0. The summed E-state index contributed by atoms with van der Waals surface area (Å²) >= 11 is 6.09. The Morgan fingerprint density at radius 1 is 1.20 bits per heavy atom. The first kappa shape index (κ1) is 12.5. The van der Waals surface area contributed by atoms with Crippen molar-refractivity contribution in [3.8, 4) is 0 Å². The van der Waals surface area contributed by atoms with Crippen molar-refractivity contribution in [2.45, 2.75) is 39.4 Å². The van der Waals surface area contributed by atoms with Crippen LogP contribution in [0, 0.1) is 5.41 Å². The maximum atomic E-state index is 6.09. The Balaban J connectivity index is 2.32. The summed E-state index contributed by atoms with van der Waals surface area (Å²) in [5.74, 6) is 0. The molecule has 84 valence electrons. The molecule has 1 rings (SSSR count). The summed E-state index contributed by atoms with van der Waals surface area (Å²) in [6.45, 7) is 7.07. The van der Waals surface area contributed by atoms with Gasteiger partial charge in [0.2, 0.25) is 0 Å². The number of halogens is 1. The number of hydrogen-bond donors (Lipinski definition) is 0. The van der Waals surface area contributed by atoms with Crippen LogP contribution < -0.4 is 0 Å². The lowest BCUT2D eigenvalue weighted by Crippen LogP contribution is -2.15. The van der Waals surface area contributed by atoms with E-state index in [1.54, 1.807) is 0 Å². The van der Waals surface area contributed by atoms with Gasteiger partial charge in [-0.05, 0) is 17.4 Å². The van der Waals surface area contributed by atoms with Crippen LogP contribution in [0.1, 0.15) is 32.8 Å². The largest absolute Gasteiger partial charge is 0.358 e. The maximum Gasteiger partial charge on any atom is 0.132 e. The average molecular weight is 227 g/mol. The zero-order valence-electron chi connectivity index (χ0n) is 9.66. The van der Waals surface area contributed by atoms with Crippen LogP contribution in [0.25, 0.3) is 0 Å². The first-order valence-electron chi connectivity index (χ1n) is 5.27. The quantitative estimate of drug-likeness (QED) is 0.699. The second-order valence-corrected chi connectivity index (χ2v) is 5.46. The molecule has 1 nitrogen and oxygen atoms in total. The van der Waals surface area contributed by atoms with Gasteiger partial charge in [0.15, 0.2) is 0 Å². The fourth-order valence-corrected chi connectivity index (χ4v) is 1.83. The minimum Gasteiger partial charge on any atom is -0.358 e. The molecule has 0 saturated heterocycles. The summed E-state index contributed by atoms with van der Waals surface area (Å²) in [6, 6.07) is 10.1. The molecule has 1 aromatic carbocycles. The van der Waals surface area contributed by atoms with Crippen molar-refractivity contribution in [2.75, 3.05) is 0 Å². The Kier molecular flexibility index (Phi) is 4.62. The zero-order valence-corrected chi connectivity index (χ0v) is 10.4. The van der Waals surface area contributed by atoms with Crippen molar-refractivity contribution < 1.29 is 4.74 Å². The molecule has 0 bridgehead atoms. The minimum absolute atomic E-state index is 0.204. The van der Waals surface area contributed by atoms with E-state index in [0.29, 0.717) is 6.61 Å². The molecule has 0 heterocycles. The van der Waals surface area contributed by atoms with E-state index in [-0.39, 0.29) is 11.0 Å². The van der Waals surface area contributed by atoms with E-state index in [2.05, 4.69) is 20.8 Å². The SMILES string of the molecule is CC(C)(C)CC(Cl)OCc1ccccc1. The third-order valence-corrected chi connectivity index (χ3v) is 2.33. The highest BCUT2D eigenvalue weighted by Crippen LogP contribution is 2.24. The Labute approximate surface area is 97.4 Å². The first-order valence-corrected chi connectivity index (χ1v) is 5.71. The Bertz CT molecular complexity index is 276. The smallest absolute Gasteiger partial charge is 0.132 e. The van der Waals surface area contributed by atoms with Gasteiger partial charge < -0.3 is 4.74 Å². The van der Waals surface area contributed by atoms with E-state index in [4.69, 9.17) is 16.3 Å². The van der Waals surface area contributed by atoms with Gasteiger partial charge in [0.25, 0.3) is 0 Å². The topological polar surface area (TPSA) is 9.23 Å². The van der Waals surface area contributed by atoms with Gasteiger partial charge in [0.1, 0.15) is 5.56 Å². The highest BCUT2D eigenvalue weighted by molar-refractivity contribution is 6.19. The van der Waals surface area contributed by atoms with E-state index in [9.17, 15) is 0 Å². The molecule has 0 aliphatic rings. The predicted molar refractivity (Wildman–Crippen MR) is 64.9 cm³/mol. The molecule has 1 aromatic rings. The molecule has 0 aliphatic heterocycles. The molecule has 0 spiro atoms. The molecule has 1 unspecified atom stereocenters. The average Bonchev–Trinajstić information content (AvgIpc) is 2.14. The molecular weight excluding hydrogens is 208 g/mol. The standard InChI is InChI=1S/C13H19ClO/c1-13(2,3)9-12(14)15-10-11-7-5-4-6-8-11/h4-8,12H,9-10H2,1-3H3. The normalized spacial score (nSPS) is 13.9. The van der Waals surface area contributed by atoms with Crippen molar-refractivity contribution in [2.24, 2.45) is 5.41 Å². The zero-order chi connectivity index (χ0) is 11.3. The molecule has 0 aliphatic carbocycles. The molecule has 1 atom stereocenters. The lowest BCUT2D eigenvalue weighted by atomic mass is 9.93. The molecule has 0 fully saturated rings. The van der Waals surface area contributed by atoms with Gasteiger partial charge in [-0.25, -0.2) is 0 Å². The van der Waals surface area contributed by atoms with E-state index >= 15 is 0 Å².